The van der Waals surface area contributed by atoms with Gasteiger partial charge in [0.25, 0.3) is 0 Å². The molecule has 4 aromatic rings. The highest BCUT2D eigenvalue weighted by Gasteiger charge is 2.19. The van der Waals surface area contributed by atoms with Gasteiger partial charge in [-0.25, -0.2) is 0 Å². The van der Waals surface area contributed by atoms with Crippen molar-refractivity contribution in [2.24, 2.45) is 0 Å². The van der Waals surface area contributed by atoms with Crippen LogP contribution in [0.4, 0.5) is 5.69 Å². The Bertz CT molecular complexity index is 1310. The third kappa shape index (κ3) is 5.05. The van der Waals surface area contributed by atoms with Gasteiger partial charge in [-0.2, -0.15) is 5.26 Å². The molecule has 0 atom stereocenters. The van der Waals surface area contributed by atoms with Crippen LogP contribution in [-0.4, -0.2) is 33.5 Å². The molecule has 4 rings (SSSR count). The van der Waals surface area contributed by atoms with E-state index in [0.717, 1.165) is 16.8 Å². The Hall–Kier alpha value is -4.09. The van der Waals surface area contributed by atoms with Crippen LogP contribution in [0, 0.1) is 18.3 Å². The van der Waals surface area contributed by atoms with Gasteiger partial charge in [-0.05, 0) is 55.5 Å². The Morgan fingerprint density at radius 3 is 2.48 bits per heavy atom. The number of nitrogens with one attached hydrogen (secondary N) is 1. The van der Waals surface area contributed by atoms with E-state index in [2.05, 4.69) is 21.6 Å². The second-order valence-corrected chi connectivity index (χ2v) is 8.15. The fraction of sp³-hybridized carbons (Fsp3) is 0.120. The molecule has 1 heterocycles. The van der Waals surface area contributed by atoms with Gasteiger partial charge in [-0.15, -0.1) is 10.2 Å². The monoisotopic (exact) mass is 455 g/mol. The highest BCUT2D eigenvalue weighted by molar-refractivity contribution is 7.99. The minimum Gasteiger partial charge on any atom is -0.496 e. The molecule has 0 saturated carbocycles. The van der Waals surface area contributed by atoms with Crippen molar-refractivity contribution in [1.29, 1.82) is 5.26 Å². The topological polar surface area (TPSA) is 92.8 Å². The summed E-state index contributed by atoms with van der Waals surface area (Å²) < 4.78 is 7.46. The summed E-state index contributed by atoms with van der Waals surface area (Å²) in [4.78, 5) is 12.5. The molecule has 1 N–H and O–H groups in total. The largest absolute Gasteiger partial charge is 0.496 e. The molecule has 3 aromatic carbocycles. The number of methoxy groups -OCH3 is 1. The number of rotatable bonds is 7. The van der Waals surface area contributed by atoms with E-state index in [1.807, 2.05) is 60.0 Å². The first-order chi connectivity index (χ1) is 16.1. The molecule has 0 aliphatic rings. The molecule has 0 spiro atoms. The number of benzene rings is 3. The molecule has 1 aromatic heterocycles. The number of carbonyl (C=O) groups excluding carboxylic acids is 1. The Morgan fingerprint density at radius 2 is 1.79 bits per heavy atom. The van der Waals surface area contributed by atoms with Crippen LogP contribution < -0.4 is 10.1 Å². The average Bonchev–Trinajstić information content (AvgIpc) is 3.27. The van der Waals surface area contributed by atoms with Gasteiger partial charge in [0.2, 0.25) is 5.91 Å². The van der Waals surface area contributed by atoms with Crippen LogP contribution in [0.2, 0.25) is 0 Å². The summed E-state index contributed by atoms with van der Waals surface area (Å²) in [6, 6.07) is 24.5. The molecule has 8 heteroatoms. The van der Waals surface area contributed by atoms with Crippen molar-refractivity contribution in [3.05, 3.63) is 83.9 Å². The normalized spacial score (nSPS) is 10.5. The van der Waals surface area contributed by atoms with Crippen LogP contribution >= 0.6 is 11.8 Å². The maximum absolute atomic E-state index is 12.5. The summed E-state index contributed by atoms with van der Waals surface area (Å²) in [7, 11) is 1.62. The number of nitriles is 1. The minimum atomic E-state index is -0.179. The van der Waals surface area contributed by atoms with Crippen LogP contribution in [0.5, 0.6) is 5.75 Å². The molecule has 164 valence electrons. The highest BCUT2D eigenvalue weighted by atomic mass is 32.2. The van der Waals surface area contributed by atoms with E-state index in [1.165, 1.54) is 11.8 Å². The third-order valence-electron chi connectivity index (χ3n) is 4.90. The molecule has 0 saturated heterocycles. The number of aromatic nitrogens is 3. The minimum absolute atomic E-state index is 0.149. The number of hydrogen-bond acceptors (Lipinski definition) is 6. The second kappa shape index (κ2) is 10.0. The number of aryl methyl sites for hydroxylation is 1. The van der Waals surface area contributed by atoms with E-state index >= 15 is 0 Å². The van der Waals surface area contributed by atoms with Crippen LogP contribution in [-0.2, 0) is 4.79 Å². The lowest BCUT2D eigenvalue weighted by Crippen LogP contribution is -2.14. The van der Waals surface area contributed by atoms with E-state index in [1.54, 1.807) is 31.4 Å². The predicted molar refractivity (Wildman–Crippen MR) is 129 cm³/mol. The summed E-state index contributed by atoms with van der Waals surface area (Å²) >= 11 is 1.29. The molecule has 33 heavy (non-hydrogen) atoms. The van der Waals surface area contributed by atoms with Crippen molar-refractivity contribution in [2.75, 3.05) is 18.2 Å². The molecule has 0 aliphatic carbocycles. The lowest BCUT2D eigenvalue weighted by atomic mass is 10.1. The molecule has 7 nitrogen and oxygen atoms in total. The van der Waals surface area contributed by atoms with E-state index in [9.17, 15) is 4.79 Å². The van der Waals surface area contributed by atoms with E-state index in [0.29, 0.717) is 28.0 Å². The molecule has 0 unspecified atom stereocenters. The first-order valence-electron chi connectivity index (χ1n) is 10.2. The number of amides is 1. The number of anilines is 1. The first-order valence-corrected chi connectivity index (χ1v) is 11.2. The van der Waals surface area contributed by atoms with Crippen LogP contribution in [0.3, 0.4) is 0 Å². The zero-order valence-electron chi connectivity index (χ0n) is 18.1. The number of ether oxygens (including phenoxy) is 1. The van der Waals surface area contributed by atoms with Crippen molar-refractivity contribution >= 4 is 23.4 Å². The molecule has 1 amide bonds. The summed E-state index contributed by atoms with van der Waals surface area (Å²) in [6.07, 6.45) is 0. The van der Waals surface area contributed by atoms with Gasteiger partial charge < -0.3 is 10.1 Å². The number of nitrogens with zero attached hydrogens (tertiary/aromatic N) is 4. The van der Waals surface area contributed by atoms with Crippen molar-refractivity contribution in [1.82, 2.24) is 14.8 Å². The second-order valence-electron chi connectivity index (χ2n) is 7.20. The molecular formula is C25H21N5O2S. The summed E-state index contributed by atoms with van der Waals surface area (Å²) in [5, 5.41) is 21.1. The number of para-hydroxylation sites is 1. The van der Waals surface area contributed by atoms with Gasteiger partial charge in [0.15, 0.2) is 11.0 Å². The van der Waals surface area contributed by atoms with Gasteiger partial charge >= 0.3 is 0 Å². The Balaban J connectivity index is 1.61. The zero-order chi connectivity index (χ0) is 23.2. The average molecular weight is 456 g/mol. The van der Waals surface area contributed by atoms with E-state index in [-0.39, 0.29) is 11.7 Å². The van der Waals surface area contributed by atoms with Gasteiger partial charge in [0.05, 0.1) is 30.1 Å². The number of carbonyl (C=O) groups is 1. The number of thioether (sulfide) groups is 1. The van der Waals surface area contributed by atoms with Gasteiger partial charge in [-0.1, -0.05) is 41.6 Å². The summed E-state index contributed by atoms with van der Waals surface area (Å²) in [5.74, 6) is 1.29. The first kappa shape index (κ1) is 22.1. The van der Waals surface area contributed by atoms with Gasteiger partial charge in [-0.3, -0.25) is 9.36 Å². The Morgan fingerprint density at radius 1 is 1.06 bits per heavy atom. The van der Waals surface area contributed by atoms with Crippen LogP contribution in [0.25, 0.3) is 17.1 Å². The maximum atomic E-state index is 12.5. The van der Waals surface area contributed by atoms with E-state index in [4.69, 9.17) is 10.00 Å². The lowest BCUT2D eigenvalue weighted by molar-refractivity contribution is -0.113. The number of hydrogen-bond donors (Lipinski definition) is 1. The van der Waals surface area contributed by atoms with Gasteiger partial charge in [0, 0.05) is 11.4 Å². The summed E-state index contributed by atoms with van der Waals surface area (Å²) in [6.45, 7) is 2.03. The van der Waals surface area contributed by atoms with Crippen molar-refractivity contribution < 1.29 is 9.53 Å². The maximum Gasteiger partial charge on any atom is 0.234 e. The molecule has 0 radical (unpaired) electrons. The fourth-order valence-corrected chi connectivity index (χ4v) is 4.00. The predicted octanol–water partition coefficient (Wildman–Crippen LogP) is 4.85. The quantitative estimate of drug-likeness (QED) is 0.400. The molecule has 0 fully saturated rings. The van der Waals surface area contributed by atoms with Gasteiger partial charge in [0.1, 0.15) is 5.75 Å². The van der Waals surface area contributed by atoms with Crippen LogP contribution in [0.1, 0.15) is 11.1 Å². The summed E-state index contributed by atoms with van der Waals surface area (Å²) in [5.41, 5.74) is 4.01. The van der Waals surface area contributed by atoms with Crippen molar-refractivity contribution in [3.63, 3.8) is 0 Å². The lowest BCUT2D eigenvalue weighted by Gasteiger charge is -2.13. The van der Waals surface area contributed by atoms with Crippen LogP contribution in [0.15, 0.2) is 78.0 Å². The standard InChI is InChI=1S/C25H21N5O2S/c1-17-7-13-20(14-8-17)30-24(21-5-3-4-6-22(21)32-2)28-29-25(30)33-16-23(31)27-19-11-9-18(15-26)10-12-19/h3-14H,16H2,1-2H3,(H,27,31). The smallest absolute Gasteiger partial charge is 0.234 e. The Kier molecular flexibility index (Phi) is 6.72. The highest BCUT2D eigenvalue weighted by Crippen LogP contribution is 2.33. The zero-order valence-corrected chi connectivity index (χ0v) is 19.0. The van der Waals surface area contributed by atoms with Crippen molar-refractivity contribution in [3.8, 4) is 28.9 Å². The Labute approximate surface area is 196 Å². The van der Waals surface area contributed by atoms with Crippen molar-refractivity contribution in [2.45, 2.75) is 12.1 Å². The fourth-order valence-electron chi connectivity index (χ4n) is 3.25. The molecular weight excluding hydrogens is 434 g/mol. The molecule has 0 aliphatic heterocycles. The SMILES string of the molecule is COc1ccccc1-c1nnc(SCC(=O)Nc2ccc(C#N)cc2)n1-c1ccc(C)cc1. The third-order valence-corrected chi connectivity index (χ3v) is 5.83. The van der Waals surface area contributed by atoms with E-state index < -0.39 is 0 Å². The molecule has 0 bridgehead atoms.